The van der Waals surface area contributed by atoms with Crippen molar-refractivity contribution in [1.82, 2.24) is 14.9 Å². The Morgan fingerprint density at radius 2 is 2.26 bits per heavy atom. The van der Waals surface area contributed by atoms with Crippen LogP contribution in [-0.4, -0.2) is 21.4 Å². The van der Waals surface area contributed by atoms with Gasteiger partial charge in [-0.25, -0.2) is 9.97 Å². The third-order valence-electron chi connectivity index (χ3n) is 4.33. The van der Waals surface area contributed by atoms with Crippen LogP contribution in [0.1, 0.15) is 41.8 Å². The van der Waals surface area contributed by atoms with Gasteiger partial charge in [0, 0.05) is 18.1 Å². The number of piperidine rings is 1. The molecule has 1 atom stereocenters. The molecule has 3 aromatic heterocycles. The quantitative estimate of drug-likeness (QED) is 0.675. The van der Waals surface area contributed by atoms with Crippen LogP contribution in [0.4, 0.5) is 0 Å². The first-order valence-corrected chi connectivity index (χ1v) is 9.71. The molecule has 120 valence electrons. The zero-order chi connectivity index (χ0) is 15.6. The zero-order valence-corrected chi connectivity index (χ0v) is 14.7. The lowest BCUT2D eigenvalue weighted by Crippen LogP contribution is -2.33. The molecule has 6 heteroatoms. The van der Waals surface area contributed by atoms with E-state index in [0.717, 1.165) is 35.3 Å². The number of likely N-dealkylation sites (tertiary alicyclic amines) is 1. The van der Waals surface area contributed by atoms with Crippen LogP contribution in [0.3, 0.4) is 0 Å². The van der Waals surface area contributed by atoms with E-state index in [1.165, 1.54) is 24.3 Å². The Morgan fingerprint density at radius 1 is 1.30 bits per heavy atom. The van der Waals surface area contributed by atoms with E-state index in [-0.39, 0.29) is 0 Å². The van der Waals surface area contributed by atoms with Crippen molar-refractivity contribution in [2.75, 3.05) is 6.54 Å². The van der Waals surface area contributed by atoms with Crippen molar-refractivity contribution < 1.29 is 4.42 Å². The van der Waals surface area contributed by atoms with Gasteiger partial charge in [0.05, 0.1) is 16.6 Å². The average Bonchev–Trinajstić information content (AvgIpc) is 3.30. The predicted molar refractivity (Wildman–Crippen MR) is 93.7 cm³/mol. The van der Waals surface area contributed by atoms with Crippen molar-refractivity contribution in [3.63, 3.8) is 0 Å². The molecule has 1 aliphatic heterocycles. The number of hydrogen-bond acceptors (Lipinski definition) is 6. The summed E-state index contributed by atoms with van der Waals surface area (Å²) < 4.78 is 5.89. The molecule has 4 rings (SSSR count). The zero-order valence-electron chi connectivity index (χ0n) is 13.1. The van der Waals surface area contributed by atoms with E-state index >= 15 is 0 Å². The van der Waals surface area contributed by atoms with Crippen molar-refractivity contribution in [2.24, 2.45) is 0 Å². The molecule has 1 aliphatic rings. The van der Waals surface area contributed by atoms with Gasteiger partial charge < -0.3 is 4.42 Å². The number of oxazole rings is 1. The summed E-state index contributed by atoms with van der Waals surface area (Å²) in [4.78, 5) is 12.9. The third kappa shape index (κ3) is 3.11. The molecule has 23 heavy (non-hydrogen) atoms. The Balaban J connectivity index is 1.57. The van der Waals surface area contributed by atoms with Crippen molar-refractivity contribution in [3.8, 4) is 10.8 Å². The number of thiophene rings is 1. The first-order chi connectivity index (χ1) is 11.3. The average molecular weight is 345 g/mol. The van der Waals surface area contributed by atoms with Gasteiger partial charge in [-0.05, 0) is 37.8 Å². The van der Waals surface area contributed by atoms with Crippen LogP contribution in [0, 0.1) is 6.92 Å². The van der Waals surface area contributed by atoms with Gasteiger partial charge in [0.2, 0.25) is 5.89 Å². The fourth-order valence-corrected chi connectivity index (χ4v) is 4.59. The molecule has 0 aromatic carbocycles. The second kappa shape index (κ2) is 6.55. The molecule has 0 radical (unpaired) electrons. The molecule has 0 amide bonds. The fourth-order valence-electron chi connectivity index (χ4n) is 3.13. The van der Waals surface area contributed by atoms with E-state index in [9.17, 15) is 0 Å². The Bertz CT molecular complexity index is 749. The van der Waals surface area contributed by atoms with Gasteiger partial charge in [0.1, 0.15) is 10.8 Å². The van der Waals surface area contributed by atoms with E-state index in [1.807, 2.05) is 19.2 Å². The van der Waals surface area contributed by atoms with Crippen molar-refractivity contribution in [2.45, 2.75) is 38.8 Å². The molecule has 4 heterocycles. The monoisotopic (exact) mass is 345 g/mol. The minimum Gasteiger partial charge on any atom is -0.440 e. The summed E-state index contributed by atoms with van der Waals surface area (Å²) in [5, 5.41) is 5.35. The molecule has 4 nitrogen and oxygen atoms in total. The van der Waals surface area contributed by atoms with E-state index in [4.69, 9.17) is 9.40 Å². The maximum Gasteiger partial charge on any atom is 0.236 e. The van der Waals surface area contributed by atoms with Crippen LogP contribution < -0.4 is 0 Å². The minimum absolute atomic E-state index is 0.421. The molecule has 0 unspecified atom stereocenters. The maximum absolute atomic E-state index is 5.89. The van der Waals surface area contributed by atoms with Gasteiger partial charge in [-0.2, -0.15) is 0 Å². The van der Waals surface area contributed by atoms with Crippen molar-refractivity contribution in [3.05, 3.63) is 45.6 Å². The summed E-state index contributed by atoms with van der Waals surface area (Å²) >= 11 is 3.42. The van der Waals surface area contributed by atoms with Crippen LogP contribution >= 0.6 is 22.7 Å². The van der Waals surface area contributed by atoms with Crippen LogP contribution in [0.25, 0.3) is 10.8 Å². The number of hydrogen-bond donors (Lipinski definition) is 0. The standard InChI is InChI=1S/C17H19N3OS2/c1-12-13(19-16(21-12)15-6-4-9-22-15)11-20-8-3-2-5-14(20)17-18-7-10-23-17/h4,6-7,9-10,14H,2-3,5,8,11H2,1H3/t14-/m1/s1. The molecule has 1 saturated heterocycles. The van der Waals surface area contributed by atoms with Gasteiger partial charge >= 0.3 is 0 Å². The molecule has 0 N–H and O–H groups in total. The highest BCUT2D eigenvalue weighted by atomic mass is 32.1. The number of nitrogens with zero attached hydrogens (tertiary/aromatic N) is 3. The lowest BCUT2D eigenvalue weighted by Gasteiger charge is -2.33. The summed E-state index contributed by atoms with van der Waals surface area (Å²) in [7, 11) is 0. The molecule has 0 saturated carbocycles. The Hall–Kier alpha value is -1.50. The number of rotatable bonds is 4. The molecular formula is C17H19N3OS2. The summed E-state index contributed by atoms with van der Waals surface area (Å²) in [5.41, 5.74) is 1.05. The number of aromatic nitrogens is 2. The van der Waals surface area contributed by atoms with E-state index in [2.05, 4.69) is 26.7 Å². The normalized spacial score (nSPS) is 19.3. The molecular weight excluding hydrogens is 326 g/mol. The van der Waals surface area contributed by atoms with Crippen molar-refractivity contribution >= 4 is 22.7 Å². The second-order valence-corrected chi connectivity index (χ2v) is 7.73. The van der Waals surface area contributed by atoms with Crippen LogP contribution in [-0.2, 0) is 6.54 Å². The van der Waals surface area contributed by atoms with Crippen LogP contribution in [0.5, 0.6) is 0 Å². The second-order valence-electron chi connectivity index (χ2n) is 5.85. The molecule has 0 bridgehead atoms. The topological polar surface area (TPSA) is 42.2 Å². The predicted octanol–water partition coefficient (Wildman–Crippen LogP) is 4.90. The third-order valence-corrected chi connectivity index (χ3v) is 6.06. The summed E-state index contributed by atoms with van der Waals surface area (Å²) in [6, 6.07) is 4.51. The Labute approximate surface area is 143 Å². The largest absolute Gasteiger partial charge is 0.440 e. The van der Waals surface area contributed by atoms with Gasteiger partial charge in [0.15, 0.2) is 0 Å². The van der Waals surface area contributed by atoms with Gasteiger partial charge in [0.25, 0.3) is 0 Å². The highest BCUT2D eigenvalue weighted by Crippen LogP contribution is 2.34. The first kappa shape index (κ1) is 15.1. The molecule has 0 spiro atoms. The van der Waals surface area contributed by atoms with E-state index in [0.29, 0.717) is 6.04 Å². The van der Waals surface area contributed by atoms with Gasteiger partial charge in [-0.15, -0.1) is 22.7 Å². The van der Waals surface area contributed by atoms with Gasteiger partial charge in [-0.1, -0.05) is 12.5 Å². The van der Waals surface area contributed by atoms with Crippen molar-refractivity contribution in [1.29, 1.82) is 0 Å². The van der Waals surface area contributed by atoms with Gasteiger partial charge in [-0.3, -0.25) is 4.90 Å². The first-order valence-electron chi connectivity index (χ1n) is 7.95. The number of aryl methyl sites for hydroxylation is 1. The highest BCUT2D eigenvalue weighted by Gasteiger charge is 2.27. The summed E-state index contributed by atoms with van der Waals surface area (Å²) in [5.74, 6) is 1.67. The minimum atomic E-state index is 0.421. The SMILES string of the molecule is Cc1oc(-c2cccs2)nc1CN1CCCC[C@@H]1c1nccs1. The molecule has 1 fully saturated rings. The van der Waals surface area contributed by atoms with E-state index < -0.39 is 0 Å². The highest BCUT2D eigenvalue weighted by molar-refractivity contribution is 7.13. The summed E-state index contributed by atoms with van der Waals surface area (Å²) in [6.45, 7) is 3.96. The van der Waals surface area contributed by atoms with E-state index in [1.54, 1.807) is 22.7 Å². The Kier molecular flexibility index (Phi) is 4.29. The fraction of sp³-hybridized carbons (Fsp3) is 0.412. The summed E-state index contributed by atoms with van der Waals surface area (Å²) in [6.07, 6.45) is 5.61. The lowest BCUT2D eigenvalue weighted by atomic mass is 10.0. The van der Waals surface area contributed by atoms with Crippen LogP contribution in [0.2, 0.25) is 0 Å². The molecule has 3 aromatic rings. The maximum atomic E-state index is 5.89. The Morgan fingerprint density at radius 3 is 3.04 bits per heavy atom. The molecule has 0 aliphatic carbocycles. The van der Waals surface area contributed by atoms with Crippen LogP contribution in [0.15, 0.2) is 33.5 Å². The lowest BCUT2D eigenvalue weighted by molar-refractivity contribution is 0.138. The number of thiazole rings is 1. The smallest absolute Gasteiger partial charge is 0.236 e.